The van der Waals surface area contributed by atoms with E-state index in [2.05, 4.69) is 15.9 Å². The summed E-state index contributed by atoms with van der Waals surface area (Å²) in [4.78, 5) is 14.7. The fourth-order valence-electron chi connectivity index (χ4n) is 2.74. The van der Waals surface area contributed by atoms with Gasteiger partial charge in [-0.25, -0.2) is 4.39 Å². The lowest BCUT2D eigenvalue weighted by Crippen LogP contribution is -2.37. The SMILES string of the molecule is Cl.N[C@@H]1CCN(C(=O)C(Oc2ccc(F)cc2Br)c2ccccc2)C1. The Labute approximate surface area is 160 Å². The highest BCUT2D eigenvalue weighted by molar-refractivity contribution is 9.10. The Morgan fingerprint density at radius 3 is 2.60 bits per heavy atom. The number of nitrogens with two attached hydrogens (primary N) is 1. The lowest BCUT2D eigenvalue weighted by Gasteiger charge is -2.25. The molecule has 0 aliphatic carbocycles. The van der Waals surface area contributed by atoms with Crippen molar-refractivity contribution in [1.29, 1.82) is 0 Å². The lowest BCUT2D eigenvalue weighted by atomic mass is 10.1. The third-order valence-corrected chi connectivity index (χ3v) is 4.62. The predicted molar refractivity (Wildman–Crippen MR) is 100 cm³/mol. The molecule has 134 valence electrons. The Morgan fingerprint density at radius 1 is 1.28 bits per heavy atom. The third-order valence-electron chi connectivity index (χ3n) is 4.00. The zero-order valence-corrected chi connectivity index (χ0v) is 15.8. The number of halogens is 3. The van der Waals surface area contributed by atoms with Gasteiger partial charge in [-0.2, -0.15) is 0 Å². The Bertz CT molecular complexity index is 732. The van der Waals surface area contributed by atoms with Crippen LogP contribution in [0.3, 0.4) is 0 Å². The number of amides is 1. The van der Waals surface area contributed by atoms with Crippen LogP contribution >= 0.6 is 28.3 Å². The molecule has 1 aliphatic rings. The Kier molecular flexibility index (Phi) is 6.81. The van der Waals surface area contributed by atoms with Gasteiger partial charge >= 0.3 is 0 Å². The van der Waals surface area contributed by atoms with Gasteiger partial charge in [0.25, 0.3) is 5.91 Å². The van der Waals surface area contributed by atoms with Gasteiger partial charge in [0.1, 0.15) is 11.6 Å². The number of hydrogen-bond acceptors (Lipinski definition) is 3. The highest BCUT2D eigenvalue weighted by atomic mass is 79.9. The van der Waals surface area contributed by atoms with Gasteiger partial charge in [-0.05, 0) is 40.5 Å². The molecule has 1 aliphatic heterocycles. The maximum absolute atomic E-state index is 13.3. The van der Waals surface area contributed by atoms with Gasteiger partial charge in [0, 0.05) is 24.7 Å². The summed E-state index contributed by atoms with van der Waals surface area (Å²) in [7, 11) is 0. The average molecular weight is 430 g/mol. The monoisotopic (exact) mass is 428 g/mol. The molecule has 1 heterocycles. The molecular formula is C18H19BrClFN2O2. The van der Waals surface area contributed by atoms with Crippen LogP contribution < -0.4 is 10.5 Å². The van der Waals surface area contributed by atoms with E-state index in [4.69, 9.17) is 10.5 Å². The average Bonchev–Trinajstić information content (AvgIpc) is 3.01. The number of rotatable bonds is 4. The molecule has 3 rings (SSSR count). The number of carbonyl (C=O) groups is 1. The minimum atomic E-state index is -0.793. The van der Waals surface area contributed by atoms with Crippen molar-refractivity contribution >= 4 is 34.2 Å². The molecule has 0 radical (unpaired) electrons. The van der Waals surface area contributed by atoms with Gasteiger partial charge in [-0.1, -0.05) is 30.3 Å². The summed E-state index contributed by atoms with van der Waals surface area (Å²) in [6, 6.07) is 13.4. The molecule has 1 fully saturated rings. The van der Waals surface area contributed by atoms with E-state index in [-0.39, 0.29) is 30.2 Å². The molecule has 1 saturated heterocycles. The molecule has 0 aromatic heterocycles. The number of nitrogens with zero attached hydrogens (tertiary/aromatic N) is 1. The zero-order chi connectivity index (χ0) is 17.1. The molecule has 2 N–H and O–H groups in total. The van der Waals surface area contributed by atoms with Gasteiger partial charge < -0.3 is 15.4 Å². The molecule has 0 saturated carbocycles. The van der Waals surface area contributed by atoms with Gasteiger partial charge in [0.15, 0.2) is 0 Å². The number of likely N-dealkylation sites (tertiary alicyclic amines) is 1. The Balaban J connectivity index is 0.00000225. The smallest absolute Gasteiger partial charge is 0.268 e. The van der Waals surface area contributed by atoms with Gasteiger partial charge in [0.2, 0.25) is 6.10 Å². The van der Waals surface area contributed by atoms with Crippen molar-refractivity contribution in [2.75, 3.05) is 13.1 Å². The van der Waals surface area contributed by atoms with Crippen LogP contribution in [0.1, 0.15) is 18.1 Å². The predicted octanol–water partition coefficient (Wildman–Crippen LogP) is 3.69. The first-order valence-corrected chi connectivity index (χ1v) is 8.55. The van der Waals surface area contributed by atoms with Crippen molar-refractivity contribution in [3.05, 3.63) is 64.4 Å². The maximum Gasteiger partial charge on any atom is 0.268 e. The summed E-state index contributed by atoms with van der Waals surface area (Å²) < 4.78 is 19.7. The second-order valence-electron chi connectivity index (χ2n) is 5.82. The molecule has 25 heavy (non-hydrogen) atoms. The number of benzene rings is 2. The minimum absolute atomic E-state index is 0. The number of carbonyl (C=O) groups excluding carboxylic acids is 1. The van der Waals surface area contributed by atoms with Crippen LogP contribution in [0.25, 0.3) is 0 Å². The first kappa shape index (κ1) is 19.7. The summed E-state index contributed by atoms with van der Waals surface area (Å²) in [5.74, 6) is -0.0881. The molecule has 4 nitrogen and oxygen atoms in total. The molecule has 7 heteroatoms. The van der Waals surface area contributed by atoms with Crippen LogP contribution in [0.4, 0.5) is 4.39 Å². The maximum atomic E-state index is 13.3. The summed E-state index contributed by atoms with van der Waals surface area (Å²) in [5.41, 5.74) is 6.66. The third kappa shape index (κ3) is 4.71. The van der Waals surface area contributed by atoms with Crippen molar-refractivity contribution in [2.24, 2.45) is 5.73 Å². The van der Waals surface area contributed by atoms with Crippen molar-refractivity contribution in [3.8, 4) is 5.75 Å². The van der Waals surface area contributed by atoms with E-state index < -0.39 is 6.10 Å². The van der Waals surface area contributed by atoms with Crippen molar-refractivity contribution in [2.45, 2.75) is 18.6 Å². The largest absolute Gasteiger partial charge is 0.475 e. The van der Waals surface area contributed by atoms with Crippen molar-refractivity contribution in [3.63, 3.8) is 0 Å². The van der Waals surface area contributed by atoms with Crippen LogP contribution in [-0.2, 0) is 4.79 Å². The second-order valence-corrected chi connectivity index (χ2v) is 6.67. The second kappa shape index (κ2) is 8.65. The van der Waals surface area contributed by atoms with E-state index in [9.17, 15) is 9.18 Å². The molecule has 0 spiro atoms. The molecular weight excluding hydrogens is 411 g/mol. The molecule has 2 aromatic rings. The molecule has 0 bridgehead atoms. The van der Waals surface area contributed by atoms with Crippen LogP contribution in [0, 0.1) is 5.82 Å². The van der Waals surface area contributed by atoms with Crippen molar-refractivity contribution < 1.29 is 13.9 Å². The molecule has 2 aromatic carbocycles. The Morgan fingerprint density at radius 2 is 2.00 bits per heavy atom. The first-order valence-electron chi connectivity index (χ1n) is 7.75. The van der Waals surface area contributed by atoms with E-state index >= 15 is 0 Å². The van der Waals surface area contributed by atoms with Gasteiger partial charge in [-0.15, -0.1) is 12.4 Å². The Hall–Kier alpha value is -1.63. The van der Waals surface area contributed by atoms with Crippen LogP contribution in [0.2, 0.25) is 0 Å². The van der Waals surface area contributed by atoms with Gasteiger partial charge in [-0.3, -0.25) is 4.79 Å². The normalized spacial score (nSPS) is 17.7. The highest BCUT2D eigenvalue weighted by Gasteiger charge is 2.32. The summed E-state index contributed by atoms with van der Waals surface area (Å²) in [5, 5.41) is 0. The van der Waals surface area contributed by atoms with E-state index in [1.165, 1.54) is 18.2 Å². The molecule has 1 amide bonds. The van der Waals surface area contributed by atoms with Crippen molar-refractivity contribution in [1.82, 2.24) is 4.90 Å². The minimum Gasteiger partial charge on any atom is -0.475 e. The zero-order valence-electron chi connectivity index (χ0n) is 13.4. The van der Waals surface area contributed by atoms with E-state index in [1.54, 1.807) is 4.90 Å². The summed E-state index contributed by atoms with van der Waals surface area (Å²) in [6.07, 6.45) is -0.00807. The standard InChI is InChI=1S/C18H18BrFN2O2.ClH/c19-15-10-13(20)6-7-16(15)24-17(12-4-2-1-3-5-12)18(23)22-9-8-14(21)11-22;/h1-7,10,14,17H,8-9,11,21H2;1H/t14-,17?;/m1./s1. The topological polar surface area (TPSA) is 55.6 Å². The van der Waals surface area contributed by atoms with Crippen LogP contribution in [0.15, 0.2) is 53.0 Å². The first-order chi connectivity index (χ1) is 11.5. The summed E-state index contributed by atoms with van der Waals surface area (Å²) in [6.45, 7) is 1.15. The lowest BCUT2D eigenvalue weighted by molar-refractivity contribution is -0.138. The fourth-order valence-corrected chi connectivity index (χ4v) is 3.18. The summed E-state index contributed by atoms with van der Waals surface area (Å²) >= 11 is 3.28. The molecule has 1 unspecified atom stereocenters. The fraction of sp³-hybridized carbons (Fsp3) is 0.278. The molecule has 2 atom stereocenters. The van der Waals surface area contributed by atoms with E-state index in [1.807, 2.05) is 30.3 Å². The quantitative estimate of drug-likeness (QED) is 0.806. The number of ether oxygens (including phenoxy) is 1. The van der Waals surface area contributed by atoms with E-state index in [0.29, 0.717) is 23.3 Å². The van der Waals surface area contributed by atoms with Crippen LogP contribution in [-0.4, -0.2) is 29.9 Å². The number of hydrogen-bond donors (Lipinski definition) is 1. The van der Waals surface area contributed by atoms with E-state index in [0.717, 1.165) is 12.0 Å². The van der Waals surface area contributed by atoms with Crippen LogP contribution in [0.5, 0.6) is 5.75 Å². The van der Waals surface area contributed by atoms with Gasteiger partial charge in [0.05, 0.1) is 4.47 Å². The highest BCUT2D eigenvalue weighted by Crippen LogP contribution is 2.31.